The number of aryl methyl sites for hydroxylation is 1. The van der Waals surface area contributed by atoms with Crippen LogP contribution in [0.1, 0.15) is 31.4 Å². The van der Waals surface area contributed by atoms with Crippen molar-refractivity contribution in [3.63, 3.8) is 0 Å². The zero-order valence-corrected chi connectivity index (χ0v) is 11.1. The fourth-order valence-electron chi connectivity index (χ4n) is 1.44. The van der Waals surface area contributed by atoms with E-state index in [2.05, 4.69) is 13.8 Å². The van der Waals surface area contributed by atoms with Crippen LogP contribution in [-0.2, 0) is 4.79 Å². The fraction of sp³-hybridized carbons (Fsp3) is 0.400. The zero-order valence-electron chi connectivity index (χ0n) is 11.1. The van der Waals surface area contributed by atoms with Crippen LogP contribution in [0.3, 0.4) is 0 Å². The van der Waals surface area contributed by atoms with Crippen molar-refractivity contribution in [2.45, 2.75) is 27.2 Å². The summed E-state index contributed by atoms with van der Waals surface area (Å²) in [4.78, 5) is 10.6. The fourth-order valence-corrected chi connectivity index (χ4v) is 1.44. The van der Waals surface area contributed by atoms with Gasteiger partial charge in [0.05, 0.1) is 6.61 Å². The zero-order chi connectivity index (χ0) is 13.5. The largest absolute Gasteiger partial charge is 0.493 e. The monoisotopic (exact) mass is 248 g/mol. The van der Waals surface area contributed by atoms with Gasteiger partial charge in [0, 0.05) is 11.6 Å². The molecule has 0 aliphatic carbocycles. The van der Waals surface area contributed by atoms with E-state index in [4.69, 9.17) is 9.84 Å². The Morgan fingerprint density at radius 3 is 2.83 bits per heavy atom. The second-order valence-electron chi connectivity index (χ2n) is 4.54. The molecule has 0 amide bonds. The molecule has 1 atom stereocenters. The van der Waals surface area contributed by atoms with Crippen LogP contribution in [0.5, 0.6) is 5.75 Å². The van der Waals surface area contributed by atoms with Gasteiger partial charge in [0.2, 0.25) is 0 Å². The Kier molecular flexibility index (Phi) is 5.43. The van der Waals surface area contributed by atoms with Crippen LogP contribution in [-0.4, -0.2) is 17.7 Å². The number of carbonyl (C=O) groups is 1. The van der Waals surface area contributed by atoms with Crippen molar-refractivity contribution in [1.29, 1.82) is 0 Å². The predicted molar refractivity (Wildman–Crippen MR) is 72.8 cm³/mol. The summed E-state index contributed by atoms with van der Waals surface area (Å²) >= 11 is 0. The smallest absolute Gasteiger partial charge is 0.328 e. The van der Waals surface area contributed by atoms with Gasteiger partial charge in [-0.05, 0) is 31.1 Å². The first-order valence-corrected chi connectivity index (χ1v) is 6.17. The molecule has 0 aromatic heterocycles. The Labute approximate surface area is 108 Å². The minimum atomic E-state index is -0.954. The van der Waals surface area contributed by atoms with Crippen LogP contribution in [0.2, 0.25) is 0 Å². The highest BCUT2D eigenvalue weighted by Gasteiger charge is 2.05. The molecule has 3 heteroatoms. The highest BCUT2D eigenvalue weighted by molar-refractivity contribution is 5.85. The van der Waals surface area contributed by atoms with E-state index in [-0.39, 0.29) is 0 Å². The Morgan fingerprint density at radius 1 is 1.50 bits per heavy atom. The summed E-state index contributed by atoms with van der Waals surface area (Å²) in [5.41, 5.74) is 1.89. The second kappa shape index (κ2) is 6.84. The molecule has 0 bridgehead atoms. The van der Waals surface area contributed by atoms with E-state index >= 15 is 0 Å². The van der Waals surface area contributed by atoms with E-state index in [0.717, 1.165) is 29.4 Å². The lowest BCUT2D eigenvalue weighted by Crippen LogP contribution is -2.08. The quantitative estimate of drug-likeness (QED) is 0.783. The molecule has 1 unspecified atom stereocenters. The van der Waals surface area contributed by atoms with E-state index in [0.29, 0.717) is 12.5 Å². The van der Waals surface area contributed by atoms with Gasteiger partial charge in [0.15, 0.2) is 0 Å². The molecule has 3 nitrogen and oxygen atoms in total. The number of benzene rings is 1. The van der Waals surface area contributed by atoms with Crippen molar-refractivity contribution >= 4 is 12.0 Å². The normalized spacial score (nSPS) is 12.6. The van der Waals surface area contributed by atoms with Crippen molar-refractivity contribution < 1.29 is 14.6 Å². The first-order chi connectivity index (χ1) is 8.52. The van der Waals surface area contributed by atoms with Gasteiger partial charge in [0.25, 0.3) is 0 Å². The Balaban J connectivity index is 2.86. The number of hydrogen-bond donors (Lipinski definition) is 1. The van der Waals surface area contributed by atoms with Crippen LogP contribution in [0, 0.1) is 12.8 Å². The van der Waals surface area contributed by atoms with Gasteiger partial charge in [-0.15, -0.1) is 0 Å². The van der Waals surface area contributed by atoms with E-state index in [9.17, 15) is 4.79 Å². The molecular weight excluding hydrogens is 228 g/mol. The number of hydrogen-bond acceptors (Lipinski definition) is 2. The average molecular weight is 248 g/mol. The van der Waals surface area contributed by atoms with E-state index in [1.54, 1.807) is 6.08 Å². The van der Waals surface area contributed by atoms with Crippen LogP contribution < -0.4 is 4.74 Å². The lowest BCUT2D eigenvalue weighted by atomic mass is 10.1. The predicted octanol–water partition coefficient (Wildman–Crippen LogP) is 3.52. The first-order valence-electron chi connectivity index (χ1n) is 6.17. The molecule has 1 aromatic rings. The van der Waals surface area contributed by atoms with Crippen LogP contribution in [0.25, 0.3) is 6.08 Å². The summed E-state index contributed by atoms with van der Waals surface area (Å²) in [7, 11) is 0. The number of carboxylic acid groups (broad SMARTS) is 1. The van der Waals surface area contributed by atoms with Crippen LogP contribution >= 0.6 is 0 Å². The summed E-state index contributed by atoms with van der Waals surface area (Å²) < 4.78 is 5.73. The molecular formula is C15H20O3. The molecule has 98 valence electrons. The van der Waals surface area contributed by atoms with Crippen molar-refractivity contribution in [1.82, 2.24) is 0 Å². The maximum Gasteiger partial charge on any atom is 0.328 e. The Hall–Kier alpha value is -1.77. The standard InChI is InChI=1S/C15H20O3/c1-4-11(2)10-18-14-7-5-12(3)9-13(14)6-8-15(16)17/h5-9,11H,4,10H2,1-3H3,(H,16,17). The average Bonchev–Trinajstić information content (AvgIpc) is 2.34. The van der Waals surface area contributed by atoms with Gasteiger partial charge in [0.1, 0.15) is 5.75 Å². The van der Waals surface area contributed by atoms with Gasteiger partial charge >= 0.3 is 5.97 Å². The van der Waals surface area contributed by atoms with Crippen molar-refractivity contribution in [2.75, 3.05) is 6.61 Å². The number of aliphatic carboxylic acids is 1. The van der Waals surface area contributed by atoms with Crippen molar-refractivity contribution in [2.24, 2.45) is 5.92 Å². The minimum Gasteiger partial charge on any atom is -0.493 e. The molecule has 0 aliphatic heterocycles. The second-order valence-corrected chi connectivity index (χ2v) is 4.54. The molecule has 0 aliphatic rings. The highest BCUT2D eigenvalue weighted by atomic mass is 16.5. The third-order valence-corrected chi connectivity index (χ3v) is 2.79. The van der Waals surface area contributed by atoms with Crippen molar-refractivity contribution in [3.05, 3.63) is 35.4 Å². The van der Waals surface area contributed by atoms with E-state index in [1.165, 1.54) is 0 Å². The molecule has 1 rings (SSSR count). The first kappa shape index (κ1) is 14.3. The SMILES string of the molecule is CCC(C)COc1ccc(C)cc1C=CC(=O)O. The maximum atomic E-state index is 10.6. The minimum absolute atomic E-state index is 0.489. The summed E-state index contributed by atoms with van der Waals surface area (Å²) in [5.74, 6) is 0.269. The molecule has 0 fully saturated rings. The molecule has 0 saturated carbocycles. The highest BCUT2D eigenvalue weighted by Crippen LogP contribution is 2.22. The van der Waals surface area contributed by atoms with Gasteiger partial charge in [-0.1, -0.05) is 31.9 Å². The molecule has 0 spiro atoms. The van der Waals surface area contributed by atoms with Gasteiger partial charge in [-0.3, -0.25) is 0 Å². The van der Waals surface area contributed by atoms with Crippen LogP contribution in [0.4, 0.5) is 0 Å². The Bertz CT molecular complexity index is 435. The number of carboxylic acids is 1. The topological polar surface area (TPSA) is 46.5 Å². The molecule has 1 aromatic carbocycles. The lowest BCUT2D eigenvalue weighted by Gasteiger charge is -2.13. The molecule has 0 saturated heterocycles. The molecule has 0 radical (unpaired) electrons. The number of rotatable bonds is 6. The van der Waals surface area contributed by atoms with E-state index in [1.807, 2.05) is 25.1 Å². The summed E-state index contributed by atoms with van der Waals surface area (Å²) in [6, 6.07) is 5.77. The Morgan fingerprint density at radius 2 is 2.22 bits per heavy atom. The third-order valence-electron chi connectivity index (χ3n) is 2.79. The molecule has 0 heterocycles. The lowest BCUT2D eigenvalue weighted by molar-refractivity contribution is -0.131. The van der Waals surface area contributed by atoms with Gasteiger partial charge in [-0.25, -0.2) is 4.79 Å². The summed E-state index contributed by atoms with van der Waals surface area (Å²) in [5, 5.41) is 8.66. The van der Waals surface area contributed by atoms with E-state index < -0.39 is 5.97 Å². The van der Waals surface area contributed by atoms with Gasteiger partial charge < -0.3 is 9.84 Å². The van der Waals surface area contributed by atoms with Crippen LogP contribution in [0.15, 0.2) is 24.3 Å². The molecule has 1 N–H and O–H groups in total. The molecule has 18 heavy (non-hydrogen) atoms. The number of ether oxygens (including phenoxy) is 1. The van der Waals surface area contributed by atoms with Gasteiger partial charge in [-0.2, -0.15) is 0 Å². The third kappa shape index (κ3) is 4.62. The maximum absolute atomic E-state index is 10.6. The summed E-state index contributed by atoms with van der Waals surface area (Å²) in [6.45, 7) is 6.86. The van der Waals surface area contributed by atoms with Crippen molar-refractivity contribution in [3.8, 4) is 5.75 Å². The summed E-state index contributed by atoms with van der Waals surface area (Å²) in [6.07, 6.45) is 3.76.